The molecule has 0 aliphatic rings. The maximum Gasteiger partial charge on any atom is 0.141 e. The number of hydrogen-bond acceptors (Lipinski definition) is 3. The lowest BCUT2D eigenvalue weighted by Gasteiger charge is -2.08. The number of hydrogen-bond donors (Lipinski definition) is 1. The summed E-state index contributed by atoms with van der Waals surface area (Å²) in [6.07, 6.45) is 3.36. The number of H-pyrrole nitrogens is 1. The van der Waals surface area contributed by atoms with Gasteiger partial charge in [0.05, 0.1) is 12.8 Å². The number of fused-ring (bicyclic) bond motifs is 1. The average Bonchev–Trinajstić information content (AvgIpc) is 2.86. The van der Waals surface area contributed by atoms with Crippen LogP contribution < -0.4 is 4.74 Å². The van der Waals surface area contributed by atoms with Crippen LogP contribution in [0.1, 0.15) is 0 Å². The summed E-state index contributed by atoms with van der Waals surface area (Å²) in [4.78, 5) is 11.6. The lowest BCUT2D eigenvalue weighted by atomic mass is 10.1. The molecule has 90 valence electrons. The van der Waals surface area contributed by atoms with Gasteiger partial charge in [-0.3, -0.25) is 0 Å². The molecule has 3 aromatic rings. The van der Waals surface area contributed by atoms with Crippen LogP contribution in [0.2, 0.25) is 5.02 Å². The molecule has 0 saturated carbocycles. The van der Waals surface area contributed by atoms with E-state index >= 15 is 0 Å². The third-order valence-corrected chi connectivity index (χ3v) is 3.01. The number of aromatic amines is 1. The number of ether oxygens (including phenoxy) is 1. The van der Waals surface area contributed by atoms with Crippen molar-refractivity contribution in [1.29, 1.82) is 0 Å². The first-order valence-electron chi connectivity index (χ1n) is 5.41. The van der Waals surface area contributed by atoms with Gasteiger partial charge in [-0.05, 0) is 24.3 Å². The molecule has 3 rings (SSSR count). The highest BCUT2D eigenvalue weighted by Gasteiger charge is 2.12. The van der Waals surface area contributed by atoms with Crippen LogP contribution in [0.15, 0.2) is 36.8 Å². The second-order valence-electron chi connectivity index (χ2n) is 3.81. The van der Waals surface area contributed by atoms with Crippen LogP contribution >= 0.6 is 11.6 Å². The summed E-state index contributed by atoms with van der Waals surface area (Å²) >= 11 is 6.04. The van der Waals surface area contributed by atoms with Crippen molar-refractivity contribution in [2.24, 2.45) is 0 Å². The molecule has 1 aromatic carbocycles. The standard InChI is InChI=1S/C13H10ClN3O/c1-18-11-3-2-8(14)6-10(11)12-9-4-5-15-13(9)17-7-16-12/h2-7H,1H3,(H,15,16,17). The zero-order valence-corrected chi connectivity index (χ0v) is 10.4. The smallest absolute Gasteiger partial charge is 0.141 e. The molecule has 1 N–H and O–H groups in total. The van der Waals surface area contributed by atoms with E-state index in [1.807, 2.05) is 24.4 Å². The van der Waals surface area contributed by atoms with E-state index in [0.717, 1.165) is 28.0 Å². The molecular weight excluding hydrogens is 250 g/mol. The van der Waals surface area contributed by atoms with Crippen molar-refractivity contribution in [3.05, 3.63) is 41.8 Å². The molecule has 0 atom stereocenters. The van der Waals surface area contributed by atoms with Gasteiger partial charge in [-0.2, -0.15) is 0 Å². The van der Waals surface area contributed by atoms with Crippen LogP contribution in [0.5, 0.6) is 5.75 Å². The highest BCUT2D eigenvalue weighted by Crippen LogP contribution is 2.34. The summed E-state index contributed by atoms with van der Waals surface area (Å²) in [6, 6.07) is 7.40. The molecule has 0 radical (unpaired) electrons. The molecule has 0 aliphatic heterocycles. The summed E-state index contributed by atoms with van der Waals surface area (Å²) in [5.74, 6) is 0.737. The molecule has 0 aliphatic carbocycles. The van der Waals surface area contributed by atoms with Gasteiger partial charge in [-0.1, -0.05) is 11.6 Å². The summed E-state index contributed by atoms with van der Waals surface area (Å²) in [5.41, 5.74) is 2.46. The Labute approximate surface area is 109 Å². The molecule has 18 heavy (non-hydrogen) atoms. The minimum Gasteiger partial charge on any atom is -0.496 e. The SMILES string of the molecule is COc1ccc(Cl)cc1-c1ncnc2[nH]ccc12. The monoisotopic (exact) mass is 259 g/mol. The Morgan fingerprint density at radius 2 is 2.11 bits per heavy atom. The van der Waals surface area contributed by atoms with Gasteiger partial charge >= 0.3 is 0 Å². The van der Waals surface area contributed by atoms with E-state index in [0.29, 0.717) is 5.02 Å². The molecule has 0 unspecified atom stereocenters. The minimum absolute atomic E-state index is 0.646. The number of benzene rings is 1. The van der Waals surface area contributed by atoms with Crippen LogP contribution in [0, 0.1) is 0 Å². The van der Waals surface area contributed by atoms with Gasteiger partial charge in [-0.25, -0.2) is 9.97 Å². The molecule has 0 bridgehead atoms. The van der Waals surface area contributed by atoms with Crippen molar-refractivity contribution < 1.29 is 4.74 Å². The molecule has 4 nitrogen and oxygen atoms in total. The normalized spacial score (nSPS) is 10.8. The summed E-state index contributed by atoms with van der Waals surface area (Å²) in [6.45, 7) is 0. The van der Waals surface area contributed by atoms with Gasteiger partial charge in [0.15, 0.2) is 0 Å². The van der Waals surface area contributed by atoms with E-state index in [-0.39, 0.29) is 0 Å². The Morgan fingerprint density at radius 3 is 2.94 bits per heavy atom. The Kier molecular flexibility index (Phi) is 2.64. The van der Waals surface area contributed by atoms with Gasteiger partial charge in [0.1, 0.15) is 17.7 Å². The zero-order valence-electron chi connectivity index (χ0n) is 9.64. The fourth-order valence-corrected chi connectivity index (χ4v) is 2.12. The van der Waals surface area contributed by atoms with Crippen LogP contribution in [0.4, 0.5) is 0 Å². The Bertz CT molecular complexity index is 708. The maximum absolute atomic E-state index is 6.04. The van der Waals surface area contributed by atoms with Crippen molar-refractivity contribution in [3.63, 3.8) is 0 Å². The van der Waals surface area contributed by atoms with Crippen LogP contribution in [0.3, 0.4) is 0 Å². The van der Waals surface area contributed by atoms with Gasteiger partial charge in [0.25, 0.3) is 0 Å². The number of aromatic nitrogens is 3. The van der Waals surface area contributed by atoms with E-state index < -0.39 is 0 Å². The third kappa shape index (κ3) is 1.71. The van der Waals surface area contributed by atoms with Crippen molar-refractivity contribution in [1.82, 2.24) is 15.0 Å². The van der Waals surface area contributed by atoms with E-state index in [1.165, 1.54) is 6.33 Å². The first kappa shape index (κ1) is 11.0. The number of nitrogens with zero attached hydrogens (tertiary/aromatic N) is 2. The predicted molar refractivity (Wildman–Crippen MR) is 70.9 cm³/mol. The van der Waals surface area contributed by atoms with Crippen molar-refractivity contribution in [2.45, 2.75) is 0 Å². The second kappa shape index (κ2) is 4.31. The predicted octanol–water partition coefficient (Wildman–Crippen LogP) is 3.29. The van der Waals surface area contributed by atoms with Gasteiger partial charge in [0, 0.05) is 22.2 Å². The van der Waals surface area contributed by atoms with Crippen LogP contribution in [0.25, 0.3) is 22.3 Å². The maximum atomic E-state index is 6.04. The molecule has 0 fully saturated rings. The zero-order chi connectivity index (χ0) is 12.5. The van der Waals surface area contributed by atoms with Gasteiger partial charge < -0.3 is 9.72 Å². The lowest BCUT2D eigenvalue weighted by Crippen LogP contribution is -1.92. The van der Waals surface area contributed by atoms with Crippen LogP contribution in [-0.4, -0.2) is 22.1 Å². The average molecular weight is 260 g/mol. The van der Waals surface area contributed by atoms with Crippen LogP contribution in [-0.2, 0) is 0 Å². The molecule has 0 spiro atoms. The third-order valence-electron chi connectivity index (χ3n) is 2.77. The molecule has 2 aromatic heterocycles. The molecule has 0 amide bonds. The topological polar surface area (TPSA) is 50.8 Å². The van der Waals surface area contributed by atoms with Crippen molar-refractivity contribution in [2.75, 3.05) is 7.11 Å². The highest BCUT2D eigenvalue weighted by atomic mass is 35.5. The Morgan fingerprint density at radius 1 is 1.22 bits per heavy atom. The molecule has 0 saturated heterocycles. The number of halogens is 1. The van der Waals surface area contributed by atoms with E-state index in [9.17, 15) is 0 Å². The first-order valence-corrected chi connectivity index (χ1v) is 5.79. The summed E-state index contributed by atoms with van der Waals surface area (Å²) < 4.78 is 5.35. The Hall–Kier alpha value is -2.07. The largest absolute Gasteiger partial charge is 0.496 e. The van der Waals surface area contributed by atoms with Gasteiger partial charge in [-0.15, -0.1) is 0 Å². The van der Waals surface area contributed by atoms with E-state index in [1.54, 1.807) is 13.2 Å². The Balaban J connectivity index is 2.31. The highest BCUT2D eigenvalue weighted by molar-refractivity contribution is 6.31. The van der Waals surface area contributed by atoms with Gasteiger partial charge in [0.2, 0.25) is 0 Å². The summed E-state index contributed by atoms with van der Waals surface area (Å²) in [5, 5.41) is 1.59. The summed E-state index contributed by atoms with van der Waals surface area (Å²) in [7, 11) is 1.63. The van der Waals surface area contributed by atoms with Crippen molar-refractivity contribution in [3.8, 4) is 17.0 Å². The fraction of sp³-hybridized carbons (Fsp3) is 0.0769. The molecule has 5 heteroatoms. The second-order valence-corrected chi connectivity index (χ2v) is 4.24. The van der Waals surface area contributed by atoms with E-state index in [2.05, 4.69) is 15.0 Å². The quantitative estimate of drug-likeness (QED) is 0.768. The van der Waals surface area contributed by atoms with E-state index in [4.69, 9.17) is 16.3 Å². The fourth-order valence-electron chi connectivity index (χ4n) is 1.95. The minimum atomic E-state index is 0.646. The lowest BCUT2D eigenvalue weighted by molar-refractivity contribution is 0.416. The number of rotatable bonds is 2. The number of methoxy groups -OCH3 is 1. The first-order chi connectivity index (χ1) is 8.79. The van der Waals surface area contributed by atoms with Crippen molar-refractivity contribution >= 4 is 22.6 Å². The number of nitrogens with one attached hydrogen (secondary N) is 1. The molecular formula is C13H10ClN3O. The molecule has 2 heterocycles.